The Morgan fingerprint density at radius 2 is 2.38 bits per heavy atom. The molecule has 0 saturated carbocycles. The van der Waals surface area contributed by atoms with Crippen LogP contribution in [0.1, 0.15) is 0 Å². The molecular weight excluding hydrogens is 215 g/mol. The first-order valence-corrected chi connectivity index (χ1v) is 3.46. The van der Waals surface area contributed by atoms with Gasteiger partial charge in [-0.1, -0.05) is 28.7 Å². The third kappa shape index (κ3) is 3.98. The largest absolute Gasteiger partial charge is 0.386 e. The summed E-state index contributed by atoms with van der Waals surface area (Å²) in [5.41, 5.74) is 5.35. The molecule has 0 heterocycles. The Labute approximate surface area is 63.0 Å². The van der Waals surface area contributed by atoms with Crippen molar-refractivity contribution in [2.75, 3.05) is 7.05 Å². The quantitative estimate of drug-likeness (QED) is 0.541. The molecule has 0 aromatic heterocycles. The molecule has 0 spiro atoms. The van der Waals surface area contributed by atoms with Gasteiger partial charge in [-0.05, 0) is 10.2 Å². The van der Waals surface area contributed by atoms with Crippen LogP contribution in [0.5, 0.6) is 0 Å². The molecular formula is C5H9IN2. The Bertz CT molecular complexity index is 107. The van der Waals surface area contributed by atoms with Gasteiger partial charge in [0, 0.05) is 7.05 Å². The average molecular weight is 224 g/mol. The number of rotatable bonds is 2. The van der Waals surface area contributed by atoms with Gasteiger partial charge in [-0.25, -0.2) is 0 Å². The Kier molecular flexibility index (Phi) is 4.84. The summed E-state index contributed by atoms with van der Waals surface area (Å²) in [6.07, 6.45) is 3.67. The lowest BCUT2D eigenvalue weighted by molar-refractivity contribution is 0.966. The van der Waals surface area contributed by atoms with Gasteiger partial charge in [-0.3, -0.25) is 0 Å². The lowest BCUT2D eigenvalue weighted by Gasteiger charge is -1.92. The van der Waals surface area contributed by atoms with Crippen LogP contribution in [0, 0.1) is 0 Å². The van der Waals surface area contributed by atoms with E-state index in [1.807, 2.05) is 10.2 Å². The van der Waals surface area contributed by atoms with E-state index in [1.165, 1.54) is 0 Å². The standard InChI is InChI=1S/C5H9IN2/c1-8-5(7)3-2-4-6/h2-4,8H,7H2,1H3/b4-2+,5-3-. The summed E-state index contributed by atoms with van der Waals surface area (Å²) in [4.78, 5) is 0. The number of allylic oxidation sites excluding steroid dienone is 2. The van der Waals surface area contributed by atoms with E-state index in [-0.39, 0.29) is 0 Å². The van der Waals surface area contributed by atoms with E-state index >= 15 is 0 Å². The maximum absolute atomic E-state index is 5.35. The third-order valence-corrected chi connectivity index (χ3v) is 1.05. The highest BCUT2D eigenvalue weighted by atomic mass is 127. The minimum atomic E-state index is 0.679. The van der Waals surface area contributed by atoms with Crippen molar-refractivity contribution in [3.63, 3.8) is 0 Å². The van der Waals surface area contributed by atoms with Gasteiger partial charge in [0.25, 0.3) is 0 Å². The SMILES string of the molecule is CN/C(N)=C\C=C\I. The van der Waals surface area contributed by atoms with Gasteiger partial charge in [0.1, 0.15) is 0 Å². The minimum absolute atomic E-state index is 0.679. The average Bonchev–Trinajstić information content (AvgIpc) is 1.83. The number of nitrogens with two attached hydrogens (primary N) is 1. The molecule has 0 aliphatic rings. The zero-order valence-electron chi connectivity index (χ0n) is 4.69. The number of nitrogens with one attached hydrogen (secondary N) is 1. The van der Waals surface area contributed by atoms with E-state index in [0.717, 1.165) is 0 Å². The molecule has 0 aliphatic carbocycles. The molecule has 0 atom stereocenters. The second-order valence-corrected chi connectivity index (χ2v) is 1.91. The van der Waals surface area contributed by atoms with Crippen molar-refractivity contribution in [2.24, 2.45) is 5.73 Å². The fraction of sp³-hybridized carbons (Fsp3) is 0.200. The molecule has 0 bridgehead atoms. The first-order valence-electron chi connectivity index (χ1n) is 2.21. The number of halogens is 1. The molecule has 0 amide bonds. The van der Waals surface area contributed by atoms with Gasteiger partial charge in [-0.2, -0.15) is 0 Å². The van der Waals surface area contributed by atoms with Gasteiger partial charge in [0.2, 0.25) is 0 Å². The van der Waals surface area contributed by atoms with Crippen molar-refractivity contribution in [1.29, 1.82) is 0 Å². The molecule has 0 aromatic rings. The van der Waals surface area contributed by atoms with Gasteiger partial charge in [0.05, 0.1) is 5.82 Å². The monoisotopic (exact) mass is 224 g/mol. The fourth-order valence-electron chi connectivity index (χ4n) is 0.223. The molecule has 0 aromatic carbocycles. The molecule has 0 saturated heterocycles. The fourth-order valence-corrected chi connectivity index (χ4v) is 0.431. The Morgan fingerprint density at radius 3 is 2.75 bits per heavy atom. The van der Waals surface area contributed by atoms with Gasteiger partial charge in [0.15, 0.2) is 0 Å². The maximum atomic E-state index is 5.35. The smallest absolute Gasteiger partial charge is 0.0957 e. The highest BCUT2D eigenvalue weighted by Gasteiger charge is 1.73. The molecule has 2 nitrogen and oxygen atoms in total. The summed E-state index contributed by atoms with van der Waals surface area (Å²) in [7, 11) is 1.78. The molecule has 8 heavy (non-hydrogen) atoms. The molecule has 0 unspecified atom stereocenters. The van der Waals surface area contributed by atoms with Crippen molar-refractivity contribution in [2.45, 2.75) is 0 Å². The second-order valence-electron chi connectivity index (χ2n) is 1.19. The van der Waals surface area contributed by atoms with Crippen molar-refractivity contribution < 1.29 is 0 Å². The van der Waals surface area contributed by atoms with Crippen LogP contribution in [-0.2, 0) is 0 Å². The summed E-state index contributed by atoms with van der Waals surface area (Å²) in [5.74, 6) is 0.679. The van der Waals surface area contributed by atoms with Crippen LogP contribution in [0.2, 0.25) is 0 Å². The summed E-state index contributed by atoms with van der Waals surface area (Å²) >= 11 is 2.13. The van der Waals surface area contributed by atoms with Crippen LogP contribution in [0.15, 0.2) is 22.1 Å². The van der Waals surface area contributed by atoms with Crippen molar-refractivity contribution in [3.05, 3.63) is 22.1 Å². The normalized spacial score (nSPS) is 12.5. The molecule has 0 aliphatic heterocycles. The summed E-state index contributed by atoms with van der Waals surface area (Å²) in [6.45, 7) is 0. The number of hydrogen-bond donors (Lipinski definition) is 2. The molecule has 0 radical (unpaired) electrons. The van der Waals surface area contributed by atoms with Gasteiger partial charge >= 0.3 is 0 Å². The molecule has 0 rings (SSSR count). The van der Waals surface area contributed by atoms with Gasteiger partial charge < -0.3 is 11.1 Å². The molecule has 0 fully saturated rings. The third-order valence-electron chi connectivity index (χ3n) is 0.637. The van der Waals surface area contributed by atoms with E-state index in [4.69, 9.17) is 5.73 Å². The van der Waals surface area contributed by atoms with Crippen LogP contribution in [0.25, 0.3) is 0 Å². The minimum Gasteiger partial charge on any atom is -0.386 e. The topological polar surface area (TPSA) is 38.0 Å². The lowest BCUT2D eigenvalue weighted by atomic mass is 10.5. The van der Waals surface area contributed by atoms with Crippen LogP contribution in [0.3, 0.4) is 0 Å². The van der Waals surface area contributed by atoms with E-state index < -0.39 is 0 Å². The Morgan fingerprint density at radius 1 is 1.75 bits per heavy atom. The van der Waals surface area contributed by atoms with Gasteiger partial charge in [-0.15, -0.1) is 0 Å². The van der Waals surface area contributed by atoms with E-state index in [1.54, 1.807) is 13.1 Å². The molecule has 3 heteroatoms. The zero-order valence-corrected chi connectivity index (χ0v) is 6.84. The van der Waals surface area contributed by atoms with E-state index in [9.17, 15) is 0 Å². The van der Waals surface area contributed by atoms with Crippen molar-refractivity contribution in [3.8, 4) is 0 Å². The zero-order chi connectivity index (χ0) is 6.41. The van der Waals surface area contributed by atoms with Crippen molar-refractivity contribution in [1.82, 2.24) is 5.32 Å². The summed E-state index contributed by atoms with van der Waals surface area (Å²) in [5, 5.41) is 2.78. The Hall–Kier alpha value is -0.190. The van der Waals surface area contributed by atoms with E-state index in [0.29, 0.717) is 5.82 Å². The maximum Gasteiger partial charge on any atom is 0.0957 e. The van der Waals surface area contributed by atoms with Crippen LogP contribution >= 0.6 is 22.6 Å². The van der Waals surface area contributed by atoms with Crippen LogP contribution < -0.4 is 11.1 Å². The van der Waals surface area contributed by atoms with E-state index in [2.05, 4.69) is 27.9 Å². The first-order chi connectivity index (χ1) is 3.81. The predicted octanol–water partition coefficient (Wildman–Crippen LogP) is 0.955. The Balaban J connectivity index is 3.57. The summed E-state index contributed by atoms with van der Waals surface area (Å²) < 4.78 is 1.89. The van der Waals surface area contributed by atoms with Crippen LogP contribution in [-0.4, -0.2) is 7.05 Å². The van der Waals surface area contributed by atoms with Crippen molar-refractivity contribution >= 4 is 22.6 Å². The predicted molar refractivity (Wildman–Crippen MR) is 44.5 cm³/mol. The number of hydrogen-bond acceptors (Lipinski definition) is 2. The molecule has 3 N–H and O–H groups in total. The molecule has 46 valence electrons. The lowest BCUT2D eigenvalue weighted by Crippen LogP contribution is -2.13. The highest BCUT2D eigenvalue weighted by molar-refractivity contribution is 14.1. The second kappa shape index (κ2) is 4.96. The van der Waals surface area contributed by atoms with Crippen LogP contribution in [0.4, 0.5) is 0 Å². The highest BCUT2D eigenvalue weighted by Crippen LogP contribution is 1.85. The summed E-state index contributed by atoms with van der Waals surface area (Å²) in [6, 6.07) is 0. The first kappa shape index (κ1) is 7.81.